The van der Waals surface area contributed by atoms with Gasteiger partial charge in [0.05, 0.1) is 29.5 Å². The third kappa shape index (κ3) is 5.05. The Morgan fingerprint density at radius 2 is 1.91 bits per heavy atom. The first-order chi connectivity index (χ1) is 16.6. The molecule has 4 aromatic heterocycles. The zero-order valence-corrected chi connectivity index (χ0v) is 19.8. The van der Waals surface area contributed by atoms with E-state index >= 15 is 0 Å². The second-order valence-electron chi connectivity index (χ2n) is 9.08. The fraction of sp³-hybridized carbons (Fsp3) is 0.400. The molecule has 1 fully saturated rings. The van der Waals surface area contributed by atoms with Crippen molar-refractivity contribution >= 4 is 22.7 Å². The topological polar surface area (TPSA) is 93.9 Å². The second kappa shape index (κ2) is 9.82. The molecule has 5 heterocycles. The summed E-state index contributed by atoms with van der Waals surface area (Å²) in [4.78, 5) is 11.8. The number of nitrogens with zero attached hydrogens (tertiary/aromatic N) is 7. The maximum absolute atomic E-state index is 5.33. The van der Waals surface area contributed by atoms with Crippen molar-refractivity contribution in [3.05, 3.63) is 54.6 Å². The van der Waals surface area contributed by atoms with Crippen LogP contribution in [-0.2, 0) is 11.3 Å². The third-order valence-electron chi connectivity index (χ3n) is 6.22. The standard InChI is InChI=1S/C25H30N8O/c1-17(2)18-10-25(31-27-12-18)30-24-6-5-22-23(29-24)9-19(11-26-22)20-13-28-33(14-20)8-4-7-32-15-21(16-32)34-3/h5-6,9-14,17,21H,4,7-8,15-16H2,1-3H3,(H,29,30,31). The number of rotatable bonds is 9. The molecule has 0 bridgehead atoms. The number of aryl methyl sites for hydroxylation is 1. The first-order valence-electron chi connectivity index (χ1n) is 11.7. The monoisotopic (exact) mass is 458 g/mol. The molecule has 0 saturated carbocycles. The lowest BCUT2D eigenvalue weighted by Gasteiger charge is -2.38. The molecule has 1 aliphatic heterocycles. The lowest BCUT2D eigenvalue weighted by molar-refractivity contribution is -0.0299. The zero-order valence-electron chi connectivity index (χ0n) is 19.8. The summed E-state index contributed by atoms with van der Waals surface area (Å²) in [6.07, 6.45) is 9.10. The van der Waals surface area contributed by atoms with Crippen LogP contribution in [0.1, 0.15) is 31.7 Å². The Balaban J connectivity index is 1.26. The summed E-state index contributed by atoms with van der Waals surface area (Å²) in [6.45, 7) is 8.28. The molecule has 1 aliphatic rings. The minimum Gasteiger partial charge on any atom is -0.379 e. The van der Waals surface area contributed by atoms with E-state index < -0.39 is 0 Å². The predicted molar refractivity (Wildman–Crippen MR) is 132 cm³/mol. The van der Waals surface area contributed by atoms with Crippen LogP contribution in [-0.4, -0.2) is 67.7 Å². The van der Waals surface area contributed by atoms with Gasteiger partial charge in [0.15, 0.2) is 5.82 Å². The van der Waals surface area contributed by atoms with E-state index in [0.717, 1.165) is 60.3 Å². The van der Waals surface area contributed by atoms with Crippen LogP contribution in [0.2, 0.25) is 0 Å². The molecule has 0 amide bonds. The molecular weight excluding hydrogens is 428 g/mol. The molecule has 0 aromatic carbocycles. The predicted octanol–water partition coefficient (Wildman–Crippen LogP) is 3.87. The van der Waals surface area contributed by atoms with Crippen LogP contribution in [0.5, 0.6) is 0 Å². The second-order valence-corrected chi connectivity index (χ2v) is 9.08. The van der Waals surface area contributed by atoms with Gasteiger partial charge in [0, 0.05) is 56.8 Å². The molecule has 0 spiro atoms. The van der Waals surface area contributed by atoms with Crippen LogP contribution in [0.15, 0.2) is 49.1 Å². The van der Waals surface area contributed by atoms with E-state index in [2.05, 4.69) is 56.6 Å². The largest absolute Gasteiger partial charge is 0.379 e. The van der Waals surface area contributed by atoms with Gasteiger partial charge in [-0.05, 0) is 42.2 Å². The van der Waals surface area contributed by atoms with Crippen LogP contribution >= 0.6 is 0 Å². The highest BCUT2D eigenvalue weighted by Crippen LogP contribution is 2.24. The summed E-state index contributed by atoms with van der Waals surface area (Å²) >= 11 is 0. The zero-order chi connectivity index (χ0) is 23.5. The molecule has 34 heavy (non-hydrogen) atoms. The molecule has 0 atom stereocenters. The first-order valence-corrected chi connectivity index (χ1v) is 11.7. The van der Waals surface area contributed by atoms with Crippen molar-refractivity contribution in [3.63, 3.8) is 0 Å². The summed E-state index contributed by atoms with van der Waals surface area (Å²) in [6, 6.07) is 7.92. The van der Waals surface area contributed by atoms with E-state index in [1.807, 2.05) is 35.3 Å². The van der Waals surface area contributed by atoms with Gasteiger partial charge in [0.2, 0.25) is 0 Å². The summed E-state index contributed by atoms with van der Waals surface area (Å²) < 4.78 is 7.33. The Kier molecular flexibility index (Phi) is 6.46. The quantitative estimate of drug-likeness (QED) is 0.404. The van der Waals surface area contributed by atoms with Crippen molar-refractivity contribution in [2.24, 2.45) is 0 Å². The Morgan fingerprint density at radius 1 is 1.03 bits per heavy atom. The van der Waals surface area contributed by atoms with E-state index in [0.29, 0.717) is 23.7 Å². The van der Waals surface area contributed by atoms with Crippen LogP contribution in [0.4, 0.5) is 11.6 Å². The number of likely N-dealkylation sites (tertiary alicyclic amines) is 1. The van der Waals surface area contributed by atoms with Crippen molar-refractivity contribution in [1.82, 2.24) is 34.8 Å². The minimum absolute atomic E-state index is 0.381. The van der Waals surface area contributed by atoms with Crippen LogP contribution in [0.3, 0.4) is 0 Å². The van der Waals surface area contributed by atoms with Gasteiger partial charge in [0.25, 0.3) is 0 Å². The number of hydrogen-bond acceptors (Lipinski definition) is 8. The number of pyridine rings is 2. The fourth-order valence-electron chi connectivity index (χ4n) is 4.07. The number of hydrogen-bond donors (Lipinski definition) is 1. The fourth-order valence-corrected chi connectivity index (χ4v) is 4.07. The number of ether oxygens (including phenoxy) is 1. The summed E-state index contributed by atoms with van der Waals surface area (Å²) in [5.41, 5.74) is 4.81. The van der Waals surface area contributed by atoms with E-state index in [9.17, 15) is 0 Å². The lowest BCUT2D eigenvalue weighted by Crippen LogP contribution is -2.51. The van der Waals surface area contributed by atoms with Crippen molar-refractivity contribution in [3.8, 4) is 11.1 Å². The van der Waals surface area contributed by atoms with Crippen molar-refractivity contribution < 1.29 is 4.74 Å². The van der Waals surface area contributed by atoms with Crippen molar-refractivity contribution in [2.75, 3.05) is 32.1 Å². The number of anilines is 2. The first kappa shape index (κ1) is 22.4. The Hall–Kier alpha value is -3.43. The van der Waals surface area contributed by atoms with Gasteiger partial charge >= 0.3 is 0 Å². The highest BCUT2D eigenvalue weighted by atomic mass is 16.5. The Labute approximate surface area is 199 Å². The molecule has 1 N–H and O–H groups in total. The van der Waals surface area contributed by atoms with Crippen LogP contribution in [0.25, 0.3) is 22.2 Å². The van der Waals surface area contributed by atoms with E-state index in [1.165, 1.54) is 0 Å². The number of nitrogens with one attached hydrogen (secondary N) is 1. The van der Waals surface area contributed by atoms with Gasteiger partial charge in [-0.25, -0.2) is 4.98 Å². The molecule has 0 unspecified atom stereocenters. The molecule has 9 heteroatoms. The minimum atomic E-state index is 0.381. The van der Waals surface area contributed by atoms with E-state index in [-0.39, 0.29) is 0 Å². The molecule has 0 radical (unpaired) electrons. The molecular formula is C25H30N8O. The summed E-state index contributed by atoms with van der Waals surface area (Å²) in [5.74, 6) is 1.77. The van der Waals surface area contributed by atoms with Gasteiger partial charge < -0.3 is 10.1 Å². The number of fused-ring (bicyclic) bond motifs is 1. The van der Waals surface area contributed by atoms with Crippen molar-refractivity contribution in [1.29, 1.82) is 0 Å². The van der Waals surface area contributed by atoms with E-state index in [1.54, 1.807) is 13.3 Å². The normalized spacial score (nSPS) is 14.6. The molecule has 4 aromatic rings. The number of aromatic nitrogens is 6. The maximum Gasteiger partial charge on any atom is 0.154 e. The summed E-state index contributed by atoms with van der Waals surface area (Å²) in [5, 5.41) is 16.1. The summed E-state index contributed by atoms with van der Waals surface area (Å²) in [7, 11) is 1.78. The lowest BCUT2D eigenvalue weighted by atomic mass is 10.1. The van der Waals surface area contributed by atoms with E-state index in [4.69, 9.17) is 9.72 Å². The molecule has 5 rings (SSSR count). The third-order valence-corrected chi connectivity index (χ3v) is 6.22. The Morgan fingerprint density at radius 3 is 2.74 bits per heavy atom. The molecule has 0 aliphatic carbocycles. The Bertz CT molecular complexity index is 1260. The van der Waals surface area contributed by atoms with Crippen LogP contribution in [0, 0.1) is 0 Å². The van der Waals surface area contributed by atoms with Crippen molar-refractivity contribution in [2.45, 2.75) is 38.8 Å². The smallest absolute Gasteiger partial charge is 0.154 e. The molecule has 1 saturated heterocycles. The van der Waals surface area contributed by atoms with Gasteiger partial charge in [-0.2, -0.15) is 10.2 Å². The highest BCUT2D eigenvalue weighted by molar-refractivity contribution is 5.81. The average molecular weight is 459 g/mol. The maximum atomic E-state index is 5.33. The number of methoxy groups -OCH3 is 1. The van der Waals surface area contributed by atoms with Crippen LogP contribution < -0.4 is 5.32 Å². The van der Waals surface area contributed by atoms with Gasteiger partial charge in [-0.15, -0.1) is 5.10 Å². The SMILES string of the molecule is COC1CN(CCCn2cc(-c3cnc4ccc(Nc5cc(C(C)C)cnn5)nc4c3)cn2)C1. The van der Waals surface area contributed by atoms with Gasteiger partial charge in [-0.3, -0.25) is 14.6 Å². The highest BCUT2D eigenvalue weighted by Gasteiger charge is 2.25. The average Bonchev–Trinajstić information content (AvgIpc) is 3.29. The van der Waals surface area contributed by atoms with Gasteiger partial charge in [-0.1, -0.05) is 13.8 Å². The molecule has 9 nitrogen and oxygen atoms in total. The van der Waals surface area contributed by atoms with Gasteiger partial charge in [0.1, 0.15) is 5.82 Å². The molecule has 176 valence electrons.